The highest BCUT2D eigenvalue weighted by molar-refractivity contribution is 5.95. The number of carbonyl (C=O) groups is 1. The van der Waals surface area contributed by atoms with Crippen molar-refractivity contribution in [1.29, 1.82) is 0 Å². The first-order chi connectivity index (χ1) is 11.7. The van der Waals surface area contributed by atoms with E-state index in [4.69, 9.17) is 4.74 Å². The first-order valence-corrected chi connectivity index (χ1v) is 8.08. The fourth-order valence-electron chi connectivity index (χ4n) is 2.95. The van der Waals surface area contributed by atoms with Gasteiger partial charge in [-0.25, -0.2) is 0 Å². The average molecular weight is 326 g/mol. The van der Waals surface area contributed by atoms with Gasteiger partial charge in [0, 0.05) is 24.3 Å². The van der Waals surface area contributed by atoms with Crippen LogP contribution in [0, 0.1) is 0 Å². The molecule has 24 heavy (non-hydrogen) atoms. The maximum Gasteiger partial charge on any atom is 0.241 e. The molecule has 5 heteroatoms. The van der Waals surface area contributed by atoms with E-state index in [1.807, 2.05) is 18.2 Å². The summed E-state index contributed by atoms with van der Waals surface area (Å²) in [6.45, 7) is 1.58. The fourth-order valence-corrected chi connectivity index (χ4v) is 2.95. The number of hydrogen-bond acceptors (Lipinski definition) is 4. The second-order valence-corrected chi connectivity index (χ2v) is 5.93. The topological polar surface area (TPSA) is 61.8 Å². The maximum absolute atomic E-state index is 12.5. The molecule has 2 aromatic rings. The summed E-state index contributed by atoms with van der Waals surface area (Å²) in [5.41, 5.74) is 2.54. The molecule has 1 amide bonds. The van der Waals surface area contributed by atoms with Gasteiger partial charge in [-0.05, 0) is 30.2 Å². The normalized spacial score (nSPS) is 17.2. The minimum Gasteiger partial charge on any atom is -0.496 e. The highest BCUT2D eigenvalue weighted by Gasteiger charge is 2.33. The van der Waals surface area contributed by atoms with Gasteiger partial charge in [-0.15, -0.1) is 0 Å². The molecule has 2 aromatic carbocycles. The zero-order valence-corrected chi connectivity index (χ0v) is 13.7. The van der Waals surface area contributed by atoms with Crippen LogP contribution < -0.4 is 10.1 Å². The number of nitrogens with one attached hydrogen (secondary N) is 1. The van der Waals surface area contributed by atoms with Crippen LogP contribution in [0.25, 0.3) is 0 Å². The summed E-state index contributed by atoms with van der Waals surface area (Å²) in [6.07, 6.45) is 0.863. The summed E-state index contributed by atoms with van der Waals surface area (Å²) in [6, 6.07) is 15.3. The Balaban J connectivity index is 1.62. The zero-order valence-electron chi connectivity index (χ0n) is 13.7. The molecule has 5 nitrogen and oxygen atoms in total. The summed E-state index contributed by atoms with van der Waals surface area (Å²) >= 11 is 0. The van der Waals surface area contributed by atoms with Crippen LogP contribution in [0.3, 0.4) is 0 Å². The summed E-state index contributed by atoms with van der Waals surface area (Å²) in [7, 11) is 1.56. The lowest BCUT2D eigenvalue weighted by molar-refractivity contribution is -0.125. The summed E-state index contributed by atoms with van der Waals surface area (Å²) in [5, 5.41) is 12.3. The van der Waals surface area contributed by atoms with Gasteiger partial charge in [0.15, 0.2) is 0 Å². The summed E-state index contributed by atoms with van der Waals surface area (Å²) in [4.78, 5) is 14.7. The number of aliphatic hydroxyl groups excluding tert-OH is 1. The van der Waals surface area contributed by atoms with E-state index in [2.05, 4.69) is 22.3 Å². The highest BCUT2D eigenvalue weighted by Crippen LogP contribution is 2.25. The number of anilines is 1. The second kappa shape index (κ2) is 7.47. The highest BCUT2D eigenvalue weighted by atomic mass is 16.5. The number of ether oxygens (including phenoxy) is 1. The molecule has 2 N–H and O–H groups in total. The molecule has 1 aliphatic rings. The number of amides is 1. The Kier molecular flexibility index (Phi) is 5.13. The molecule has 0 radical (unpaired) electrons. The van der Waals surface area contributed by atoms with E-state index in [-0.39, 0.29) is 18.6 Å². The molecule has 1 aliphatic heterocycles. The lowest BCUT2D eigenvalue weighted by Gasteiger charge is -2.39. The van der Waals surface area contributed by atoms with E-state index in [1.165, 1.54) is 5.56 Å². The van der Waals surface area contributed by atoms with Crippen molar-refractivity contribution in [2.45, 2.75) is 25.6 Å². The maximum atomic E-state index is 12.5. The van der Waals surface area contributed by atoms with Crippen LogP contribution in [0.5, 0.6) is 5.75 Å². The van der Waals surface area contributed by atoms with E-state index in [0.29, 0.717) is 17.0 Å². The molecule has 0 aromatic heterocycles. The Morgan fingerprint density at radius 3 is 2.71 bits per heavy atom. The quantitative estimate of drug-likeness (QED) is 0.856. The van der Waals surface area contributed by atoms with Crippen molar-refractivity contribution in [2.75, 3.05) is 19.0 Å². The lowest BCUT2D eigenvalue weighted by atomic mass is 10.0. The lowest BCUT2D eigenvalue weighted by Crippen LogP contribution is -2.53. The van der Waals surface area contributed by atoms with Crippen LogP contribution in [0.1, 0.15) is 17.5 Å². The molecule has 0 bridgehead atoms. The number of benzene rings is 2. The Hall–Kier alpha value is -2.37. The molecular weight excluding hydrogens is 304 g/mol. The van der Waals surface area contributed by atoms with Crippen LogP contribution in [-0.4, -0.2) is 35.6 Å². The monoisotopic (exact) mass is 326 g/mol. The van der Waals surface area contributed by atoms with Gasteiger partial charge in [0.25, 0.3) is 0 Å². The molecule has 1 heterocycles. The standard InChI is InChI=1S/C19H22N2O3/c1-24-18-8-7-16(11-15(18)13-22)20-19(23)17-9-10-21(17)12-14-5-3-2-4-6-14/h2-8,11,17,22H,9-10,12-13H2,1H3,(H,20,23). The predicted molar refractivity (Wildman–Crippen MR) is 92.8 cm³/mol. The van der Waals surface area contributed by atoms with Gasteiger partial charge in [-0.1, -0.05) is 30.3 Å². The van der Waals surface area contributed by atoms with Crippen LogP contribution in [0.4, 0.5) is 5.69 Å². The SMILES string of the molecule is COc1ccc(NC(=O)C2CCN2Cc2ccccc2)cc1CO. The smallest absolute Gasteiger partial charge is 0.241 e. The second-order valence-electron chi connectivity index (χ2n) is 5.93. The number of hydrogen-bond donors (Lipinski definition) is 2. The van der Waals surface area contributed by atoms with Crippen molar-refractivity contribution in [3.05, 3.63) is 59.7 Å². The molecule has 1 fully saturated rings. The number of nitrogens with zero attached hydrogens (tertiary/aromatic N) is 1. The van der Waals surface area contributed by atoms with Gasteiger partial charge in [0.05, 0.1) is 19.8 Å². The van der Waals surface area contributed by atoms with E-state index in [0.717, 1.165) is 19.5 Å². The minimum atomic E-state index is -0.129. The van der Waals surface area contributed by atoms with Crippen LogP contribution in [-0.2, 0) is 17.9 Å². The van der Waals surface area contributed by atoms with Gasteiger partial charge >= 0.3 is 0 Å². The Bertz CT molecular complexity index is 703. The zero-order chi connectivity index (χ0) is 16.9. The first kappa shape index (κ1) is 16.5. The molecular formula is C19H22N2O3. The Morgan fingerprint density at radius 1 is 1.29 bits per heavy atom. The van der Waals surface area contributed by atoms with Gasteiger partial charge in [-0.3, -0.25) is 9.69 Å². The Labute approximate surface area is 141 Å². The van der Waals surface area contributed by atoms with Crippen LogP contribution in [0.15, 0.2) is 48.5 Å². The number of aliphatic hydroxyl groups is 1. The van der Waals surface area contributed by atoms with Crippen LogP contribution in [0.2, 0.25) is 0 Å². The van der Waals surface area contributed by atoms with Crippen LogP contribution >= 0.6 is 0 Å². The fraction of sp³-hybridized carbons (Fsp3) is 0.316. The molecule has 0 aliphatic carbocycles. The van der Waals surface area contributed by atoms with Gasteiger partial charge in [0.2, 0.25) is 5.91 Å². The molecule has 0 spiro atoms. The van der Waals surface area contributed by atoms with Gasteiger partial charge in [0.1, 0.15) is 5.75 Å². The van der Waals surface area contributed by atoms with E-state index >= 15 is 0 Å². The third-order valence-electron chi connectivity index (χ3n) is 4.38. The molecule has 1 atom stereocenters. The molecule has 3 rings (SSSR count). The number of carbonyl (C=O) groups excluding carboxylic acids is 1. The predicted octanol–water partition coefficient (Wildman–Crippen LogP) is 2.40. The summed E-state index contributed by atoms with van der Waals surface area (Å²) in [5.74, 6) is 0.607. The summed E-state index contributed by atoms with van der Waals surface area (Å²) < 4.78 is 5.18. The minimum absolute atomic E-state index is 0.00811. The third kappa shape index (κ3) is 3.58. The Morgan fingerprint density at radius 2 is 2.08 bits per heavy atom. The molecule has 1 unspecified atom stereocenters. The van der Waals surface area contributed by atoms with Crippen molar-refractivity contribution < 1.29 is 14.6 Å². The average Bonchev–Trinajstić information content (AvgIpc) is 2.59. The molecule has 0 saturated carbocycles. The van der Waals surface area contributed by atoms with E-state index in [9.17, 15) is 9.90 Å². The third-order valence-corrected chi connectivity index (χ3v) is 4.38. The molecule has 126 valence electrons. The first-order valence-electron chi connectivity index (χ1n) is 8.08. The number of rotatable bonds is 6. The van der Waals surface area contributed by atoms with Gasteiger partial charge < -0.3 is 15.2 Å². The van der Waals surface area contributed by atoms with Crippen molar-refractivity contribution in [3.8, 4) is 5.75 Å². The molecule has 1 saturated heterocycles. The van der Waals surface area contributed by atoms with Crippen molar-refractivity contribution in [2.24, 2.45) is 0 Å². The van der Waals surface area contributed by atoms with E-state index < -0.39 is 0 Å². The van der Waals surface area contributed by atoms with Crippen molar-refractivity contribution >= 4 is 11.6 Å². The van der Waals surface area contributed by atoms with Crippen molar-refractivity contribution in [1.82, 2.24) is 4.90 Å². The largest absolute Gasteiger partial charge is 0.496 e. The van der Waals surface area contributed by atoms with Gasteiger partial charge in [-0.2, -0.15) is 0 Å². The number of likely N-dealkylation sites (tertiary alicyclic amines) is 1. The van der Waals surface area contributed by atoms with Crippen molar-refractivity contribution in [3.63, 3.8) is 0 Å². The van der Waals surface area contributed by atoms with E-state index in [1.54, 1.807) is 25.3 Å². The number of methoxy groups -OCH3 is 1.